The first-order valence-corrected chi connectivity index (χ1v) is 14.9. The number of halogens is 3. The zero-order valence-corrected chi connectivity index (χ0v) is 24.4. The number of sulfonamides is 1. The minimum Gasteiger partial charge on any atom is -0.335 e. The molecule has 39 heavy (non-hydrogen) atoms. The van der Waals surface area contributed by atoms with E-state index in [9.17, 15) is 22.4 Å². The van der Waals surface area contributed by atoms with Crippen LogP contribution in [-0.4, -0.2) is 64.3 Å². The van der Waals surface area contributed by atoms with E-state index in [1.165, 1.54) is 23.1 Å². The summed E-state index contributed by atoms with van der Waals surface area (Å²) in [6.45, 7) is 3.78. The fraction of sp³-hybridized carbons (Fsp3) is 0.462. The average molecular weight is 605 g/mol. The molecule has 0 bridgehead atoms. The molecule has 2 aromatic rings. The summed E-state index contributed by atoms with van der Waals surface area (Å²) in [5, 5.41) is 8.58. The fourth-order valence-corrected chi connectivity index (χ4v) is 5.68. The molecular formula is C26H36Cl2FN5O4S. The lowest BCUT2D eigenvalue weighted by Gasteiger charge is -2.29. The maximum absolute atomic E-state index is 12.8. The molecule has 0 aliphatic heterocycles. The summed E-state index contributed by atoms with van der Waals surface area (Å²) in [7, 11) is -3.84. The minimum atomic E-state index is -3.84. The van der Waals surface area contributed by atoms with Crippen molar-refractivity contribution in [3.05, 3.63) is 58.6 Å². The van der Waals surface area contributed by atoms with Crippen molar-refractivity contribution in [3.8, 4) is 0 Å². The predicted molar refractivity (Wildman–Crippen MR) is 154 cm³/mol. The van der Waals surface area contributed by atoms with Gasteiger partial charge in [0.05, 0.1) is 5.02 Å². The molecule has 1 atom stereocenters. The smallest absolute Gasteiger partial charge is 0.319 e. The van der Waals surface area contributed by atoms with E-state index in [1.54, 1.807) is 12.1 Å². The summed E-state index contributed by atoms with van der Waals surface area (Å²) in [5.74, 6) is 0.233. The van der Waals surface area contributed by atoms with Crippen molar-refractivity contribution >= 4 is 51.0 Å². The first-order chi connectivity index (χ1) is 18.5. The summed E-state index contributed by atoms with van der Waals surface area (Å²) in [4.78, 5) is 26.8. The highest BCUT2D eigenvalue weighted by Gasteiger charge is 2.22. The maximum atomic E-state index is 12.8. The van der Waals surface area contributed by atoms with E-state index in [-0.39, 0.29) is 48.1 Å². The van der Waals surface area contributed by atoms with Crippen LogP contribution in [0.2, 0.25) is 10.0 Å². The Morgan fingerprint density at radius 2 is 1.74 bits per heavy atom. The van der Waals surface area contributed by atoms with Crippen LogP contribution in [0, 0.1) is 5.92 Å². The molecule has 0 aliphatic rings. The molecule has 216 valence electrons. The summed E-state index contributed by atoms with van der Waals surface area (Å²) in [5.41, 5.74) is 0.637. The zero-order valence-electron chi connectivity index (χ0n) is 22.1. The SMILES string of the molecule is CC(C)C[C@@H](CN(CCCCNS(=O)(=O)c1ccc(Cl)cc1Cl)C(=O)NCCF)NC(=O)Nc1ccccc1. The van der Waals surface area contributed by atoms with E-state index < -0.39 is 28.8 Å². The van der Waals surface area contributed by atoms with Gasteiger partial charge in [-0.1, -0.05) is 55.2 Å². The number of nitrogens with zero attached hydrogens (tertiary/aromatic N) is 1. The molecule has 0 heterocycles. The number of nitrogens with one attached hydrogen (secondary N) is 4. The number of alkyl halides is 1. The van der Waals surface area contributed by atoms with Crippen molar-refractivity contribution in [2.24, 2.45) is 5.92 Å². The normalized spacial score (nSPS) is 12.2. The molecule has 0 spiro atoms. The number of carbonyl (C=O) groups excluding carboxylic acids is 2. The Kier molecular flexibility index (Phi) is 13.8. The summed E-state index contributed by atoms with van der Waals surface area (Å²) in [6.07, 6.45) is 1.50. The van der Waals surface area contributed by atoms with Gasteiger partial charge in [0.15, 0.2) is 0 Å². The van der Waals surface area contributed by atoms with Crippen molar-refractivity contribution in [2.45, 2.75) is 44.0 Å². The monoisotopic (exact) mass is 603 g/mol. The number of carbonyl (C=O) groups is 2. The van der Waals surface area contributed by atoms with Crippen LogP contribution in [0.15, 0.2) is 53.4 Å². The van der Waals surface area contributed by atoms with Crippen molar-refractivity contribution in [1.82, 2.24) is 20.3 Å². The van der Waals surface area contributed by atoms with E-state index in [0.717, 1.165) is 0 Å². The Bertz CT molecular complexity index is 1170. The number of hydrogen-bond donors (Lipinski definition) is 4. The van der Waals surface area contributed by atoms with Crippen molar-refractivity contribution in [2.75, 3.05) is 38.2 Å². The van der Waals surface area contributed by atoms with Crippen LogP contribution in [0.3, 0.4) is 0 Å². The summed E-state index contributed by atoms with van der Waals surface area (Å²) >= 11 is 11.9. The van der Waals surface area contributed by atoms with Gasteiger partial charge in [-0.15, -0.1) is 0 Å². The van der Waals surface area contributed by atoms with Gasteiger partial charge in [0, 0.05) is 42.9 Å². The van der Waals surface area contributed by atoms with Crippen molar-refractivity contribution in [1.29, 1.82) is 0 Å². The molecule has 2 aromatic carbocycles. The Morgan fingerprint density at radius 3 is 2.38 bits per heavy atom. The van der Waals surface area contributed by atoms with Crippen LogP contribution < -0.4 is 20.7 Å². The number of rotatable bonds is 15. The number of anilines is 1. The number of benzene rings is 2. The third-order valence-electron chi connectivity index (χ3n) is 5.55. The van der Waals surface area contributed by atoms with E-state index in [4.69, 9.17) is 23.2 Å². The molecule has 0 aromatic heterocycles. The van der Waals surface area contributed by atoms with E-state index in [1.807, 2.05) is 32.0 Å². The van der Waals surface area contributed by atoms with Crippen LogP contribution in [0.5, 0.6) is 0 Å². The Balaban J connectivity index is 1.97. The number of para-hydroxylation sites is 1. The van der Waals surface area contributed by atoms with Crippen LogP contribution >= 0.6 is 23.2 Å². The van der Waals surface area contributed by atoms with Crippen molar-refractivity contribution in [3.63, 3.8) is 0 Å². The Hall–Kier alpha value is -2.60. The van der Waals surface area contributed by atoms with Gasteiger partial charge < -0.3 is 20.9 Å². The van der Waals surface area contributed by atoms with Gasteiger partial charge >= 0.3 is 12.1 Å². The highest BCUT2D eigenvalue weighted by Crippen LogP contribution is 2.24. The third kappa shape index (κ3) is 12.0. The molecule has 0 saturated heterocycles. The van der Waals surface area contributed by atoms with Gasteiger partial charge in [-0.05, 0) is 55.5 Å². The third-order valence-corrected chi connectivity index (χ3v) is 7.73. The van der Waals surface area contributed by atoms with Crippen LogP contribution in [0.25, 0.3) is 0 Å². The van der Waals surface area contributed by atoms with Gasteiger partial charge in [0.2, 0.25) is 10.0 Å². The summed E-state index contributed by atoms with van der Waals surface area (Å²) < 4.78 is 40.4. The Morgan fingerprint density at radius 1 is 1.03 bits per heavy atom. The highest BCUT2D eigenvalue weighted by atomic mass is 35.5. The van der Waals surface area contributed by atoms with Gasteiger partial charge in [-0.25, -0.2) is 27.1 Å². The number of amides is 4. The largest absolute Gasteiger partial charge is 0.335 e. The van der Waals surface area contributed by atoms with Crippen molar-refractivity contribution < 1.29 is 22.4 Å². The zero-order chi connectivity index (χ0) is 28.8. The lowest BCUT2D eigenvalue weighted by Crippen LogP contribution is -2.50. The fourth-order valence-electron chi connectivity index (χ4n) is 3.84. The molecule has 4 amide bonds. The Labute approximate surface area is 239 Å². The second-order valence-corrected chi connectivity index (χ2v) is 11.9. The molecule has 0 aliphatic carbocycles. The van der Waals surface area contributed by atoms with Gasteiger partial charge in [-0.2, -0.15) is 0 Å². The molecule has 0 radical (unpaired) electrons. The van der Waals surface area contributed by atoms with Crippen LogP contribution in [0.4, 0.5) is 19.7 Å². The second-order valence-electron chi connectivity index (χ2n) is 9.34. The molecule has 2 rings (SSSR count). The first kappa shape index (κ1) is 32.6. The second kappa shape index (κ2) is 16.5. The van der Waals surface area contributed by atoms with E-state index in [2.05, 4.69) is 20.7 Å². The molecule has 0 saturated carbocycles. The highest BCUT2D eigenvalue weighted by molar-refractivity contribution is 7.89. The predicted octanol–water partition coefficient (Wildman–Crippen LogP) is 5.27. The van der Waals surface area contributed by atoms with Crippen LogP contribution in [-0.2, 0) is 10.0 Å². The van der Waals surface area contributed by atoms with Gasteiger partial charge in [0.25, 0.3) is 0 Å². The summed E-state index contributed by atoms with van der Waals surface area (Å²) in [6, 6.07) is 11.9. The van der Waals surface area contributed by atoms with E-state index >= 15 is 0 Å². The van der Waals surface area contributed by atoms with Gasteiger partial charge in [0.1, 0.15) is 11.6 Å². The topological polar surface area (TPSA) is 120 Å². The molecular weight excluding hydrogens is 568 g/mol. The number of hydrogen-bond acceptors (Lipinski definition) is 4. The standard InChI is InChI=1S/C26H36Cl2FN5O4S/c1-19(2)16-22(33-25(35)32-21-8-4-3-5-9-21)18-34(26(36)30-14-12-29)15-7-6-13-31-39(37,38)24-11-10-20(27)17-23(24)28/h3-5,8-11,17,19,22,31H,6-7,12-16,18H2,1-2H3,(H,30,36)(H2,32,33,35)/t22-/m0/s1. The van der Waals surface area contributed by atoms with E-state index in [0.29, 0.717) is 30.0 Å². The molecule has 13 heteroatoms. The molecule has 9 nitrogen and oxygen atoms in total. The molecule has 0 fully saturated rings. The minimum absolute atomic E-state index is 0.0192. The molecule has 0 unspecified atom stereocenters. The average Bonchev–Trinajstić information content (AvgIpc) is 2.86. The quantitative estimate of drug-likeness (QED) is 0.207. The number of urea groups is 2. The molecule has 4 N–H and O–H groups in total. The lowest BCUT2D eigenvalue weighted by atomic mass is 10.0. The first-order valence-electron chi connectivity index (χ1n) is 12.7. The maximum Gasteiger partial charge on any atom is 0.319 e. The van der Waals surface area contributed by atoms with Crippen LogP contribution in [0.1, 0.15) is 33.1 Å². The van der Waals surface area contributed by atoms with Gasteiger partial charge in [-0.3, -0.25) is 0 Å². The lowest BCUT2D eigenvalue weighted by molar-refractivity contribution is 0.185. The number of unbranched alkanes of at least 4 members (excludes halogenated alkanes) is 1.